The van der Waals surface area contributed by atoms with Gasteiger partial charge < -0.3 is 21.1 Å². The number of hydrogen-bond donors (Lipinski definition) is 3. The Balaban J connectivity index is 2.16. The average Bonchev–Trinajstić information content (AvgIpc) is 2.93. The molecule has 0 bridgehead atoms. The van der Waals surface area contributed by atoms with E-state index in [-0.39, 0.29) is 17.0 Å². The van der Waals surface area contributed by atoms with Crippen molar-refractivity contribution < 1.29 is 14.3 Å². The number of amides is 2. The van der Waals surface area contributed by atoms with Crippen LogP contribution in [0.25, 0.3) is 10.4 Å². The SMILES string of the molecule is Cc1nc(NC(=O)[C@@H](NC(=O)OC(C)(C)C)C(C)C)sc1-c1cnc(Cl)c(N)c1. The van der Waals surface area contributed by atoms with Gasteiger partial charge >= 0.3 is 6.09 Å². The molecule has 0 saturated heterocycles. The number of anilines is 2. The van der Waals surface area contributed by atoms with Crippen LogP contribution in [0.1, 0.15) is 40.3 Å². The van der Waals surface area contributed by atoms with E-state index in [1.54, 1.807) is 33.0 Å². The second-order valence-electron chi connectivity index (χ2n) is 7.89. The molecule has 2 rings (SSSR count). The molecule has 0 aliphatic rings. The summed E-state index contributed by atoms with van der Waals surface area (Å²) in [6.45, 7) is 10.8. The van der Waals surface area contributed by atoms with Gasteiger partial charge in [-0.15, -0.1) is 0 Å². The van der Waals surface area contributed by atoms with Gasteiger partial charge in [-0.05, 0) is 39.7 Å². The first-order valence-electron chi connectivity index (χ1n) is 9.06. The number of rotatable bonds is 5. The molecule has 4 N–H and O–H groups in total. The summed E-state index contributed by atoms with van der Waals surface area (Å²) in [6, 6.07) is 0.938. The van der Waals surface area contributed by atoms with Crippen LogP contribution >= 0.6 is 22.9 Å². The van der Waals surface area contributed by atoms with Crippen LogP contribution < -0.4 is 16.4 Å². The standard InChI is InChI=1S/C19H26ClN5O3S/c1-9(2)13(24-18(27)28-19(4,5)6)16(26)25-17-23-10(3)14(29-17)11-7-12(21)15(20)22-8-11/h7-9,13H,21H2,1-6H3,(H,24,27)(H,23,25,26)/t13-/m0/s1. The van der Waals surface area contributed by atoms with Crippen molar-refractivity contribution in [3.63, 3.8) is 0 Å². The van der Waals surface area contributed by atoms with E-state index in [0.717, 1.165) is 16.1 Å². The molecule has 158 valence electrons. The van der Waals surface area contributed by atoms with Crippen LogP contribution in [0.3, 0.4) is 0 Å². The molecule has 2 amide bonds. The van der Waals surface area contributed by atoms with Gasteiger partial charge in [0.2, 0.25) is 5.91 Å². The minimum absolute atomic E-state index is 0.150. The number of ether oxygens (including phenoxy) is 1. The van der Waals surface area contributed by atoms with E-state index in [9.17, 15) is 9.59 Å². The molecular weight excluding hydrogens is 414 g/mol. The highest BCUT2D eigenvalue weighted by atomic mass is 35.5. The molecule has 0 radical (unpaired) electrons. The smallest absolute Gasteiger partial charge is 0.408 e. The van der Waals surface area contributed by atoms with E-state index >= 15 is 0 Å². The van der Waals surface area contributed by atoms with Crippen LogP contribution in [0.15, 0.2) is 12.3 Å². The minimum atomic E-state index is -0.773. The van der Waals surface area contributed by atoms with Gasteiger partial charge in [-0.3, -0.25) is 4.79 Å². The van der Waals surface area contributed by atoms with Crippen molar-refractivity contribution in [2.75, 3.05) is 11.1 Å². The van der Waals surface area contributed by atoms with Crippen LogP contribution in [-0.4, -0.2) is 33.6 Å². The topological polar surface area (TPSA) is 119 Å². The van der Waals surface area contributed by atoms with E-state index in [1.807, 2.05) is 20.8 Å². The Labute approximate surface area is 179 Å². The molecule has 0 aromatic carbocycles. The first kappa shape index (κ1) is 22.9. The molecule has 2 aromatic rings. The number of nitrogens with zero attached hydrogens (tertiary/aromatic N) is 2. The number of alkyl carbamates (subject to hydrolysis) is 1. The summed E-state index contributed by atoms with van der Waals surface area (Å²) in [5, 5.41) is 6.03. The maximum absolute atomic E-state index is 12.7. The van der Waals surface area contributed by atoms with Crippen LogP contribution in [0.4, 0.5) is 15.6 Å². The molecule has 8 nitrogen and oxygen atoms in total. The Bertz CT molecular complexity index is 908. The fraction of sp³-hybridized carbons (Fsp3) is 0.474. The second kappa shape index (κ2) is 8.96. The van der Waals surface area contributed by atoms with Crippen LogP contribution in [0.2, 0.25) is 5.15 Å². The highest BCUT2D eigenvalue weighted by Gasteiger charge is 2.28. The Hall–Kier alpha value is -2.39. The summed E-state index contributed by atoms with van der Waals surface area (Å²) in [7, 11) is 0. The Morgan fingerprint density at radius 2 is 1.97 bits per heavy atom. The predicted octanol–water partition coefficient (Wildman–Crippen LogP) is 4.24. The number of halogens is 1. The molecular formula is C19H26ClN5O3S. The quantitative estimate of drug-likeness (QED) is 0.599. The van der Waals surface area contributed by atoms with Gasteiger partial charge in [0.15, 0.2) is 10.3 Å². The number of hydrogen-bond acceptors (Lipinski definition) is 7. The summed E-state index contributed by atoms with van der Waals surface area (Å²) in [4.78, 5) is 34.1. The zero-order valence-corrected chi connectivity index (χ0v) is 18.9. The third-order valence-corrected chi connectivity index (χ3v) is 5.21. The van der Waals surface area contributed by atoms with E-state index in [4.69, 9.17) is 22.1 Å². The molecule has 2 aromatic heterocycles. The first-order chi connectivity index (χ1) is 13.4. The van der Waals surface area contributed by atoms with Crippen LogP contribution in [-0.2, 0) is 9.53 Å². The molecule has 29 heavy (non-hydrogen) atoms. The van der Waals surface area contributed by atoms with Crippen molar-refractivity contribution in [2.45, 2.75) is 53.2 Å². The highest BCUT2D eigenvalue weighted by molar-refractivity contribution is 7.19. The van der Waals surface area contributed by atoms with Crippen molar-refractivity contribution in [1.29, 1.82) is 0 Å². The number of carbonyl (C=O) groups is 2. The van der Waals surface area contributed by atoms with Crippen molar-refractivity contribution in [3.8, 4) is 10.4 Å². The van der Waals surface area contributed by atoms with Gasteiger partial charge in [0.05, 0.1) is 16.3 Å². The zero-order chi connectivity index (χ0) is 21.9. The van der Waals surface area contributed by atoms with Crippen molar-refractivity contribution in [2.24, 2.45) is 5.92 Å². The molecule has 0 aliphatic carbocycles. The van der Waals surface area contributed by atoms with Crippen LogP contribution in [0.5, 0.6) is 0 Å². The van der Waals surface area contributed by atoms with Gasteiger partial charge in [-0.1, -0.05) is 36.8 Å². The Kier molecular flexibility index (Phi) is 7.07. The van der Waals surface area contributed by atoms with Crippen molar-refractivity contribution >= 4 is 45.8 Å². The number of thiazole rings is 1. The Morgan fingerprint density at radius 1 is 1.31 bits per heavy atom. The average molecular weight is 440 g/mol. The molecule has 1 atom stereocenters. The summed E-state index contributed by atoms with van der Waals surface area (Å²) >= 11 is 7.17. The normalized spacial score (nSPS) is 12.6. The molecule has 2 heterocycles. The lowest BCUT2D eigenvalue weighted by atomic mass is 10.0. The van der Waals surface area contributed by atoms with Crippen molar-refractivity contribution in [3.05, 3.63) is 23.1 Å². The maximum atomic E-state index is 12.7. The monoisotopic (exact) mass is 439 g/mol. The lowest BCUT2D eigenvalue weighted by Crippen LogP contribution is -2.48. The maximum Gasteiger partial charge on any atom is 0.408 e. The predicted molar refractivity (Wildman–Crippen MR) is 116 cm³/mol. The van der Waals surface area contributed by atoms with Gasteiger partial charge in [0, 0.05) is 11.8 Å². The highest BCUT2D eigenvalue weighted by Crippen LogP contribution is 2.34. The molecule has 10 heteroatoms. The van der Waals surface area contributed by atoms with Crippen LogP contribution in [0, 0.1) is 12.8 Å². The van der Waals surface area contributed by atoms with E-state index < -0.39 is 17.7 Å². The zero-order valence-electron chi connectivity index (χ0n) is 17.3. The molecule has 0 unspecified atom stereocenters. The third kappa shape index (κ3) is 6.30. The van der Waals surface area contributed by atoms with Gasteiger partial charge in [-0.2, -0.15) is 0 Å². The molecule has 0 aliphatic heterocycles. The summed E-state index contributed by atoms with van der Waals surface area (Å²) in [5.74, 6) is -0.525. The fourth-order valence-corrected chi connectivity index (χ4v) is 3.51. The third-order valence-electron chi connectivity index (χ3n) is 3.78. The number of aryl methyl sites for hydroxylation is 1. The fourth-order valence-electron chi connectivity index (χ4n) is 2.46. The van der Waals surface area contributed by atoms with Gasteiger partial charge in [-0.25, -0.2) is 14.8 Å². The van der Waals surface area contributed by atoms with Crippen molar-refractivity contribution in [1.82, 2.24) is 15.3 Å². The van der Waals surface area contributed by atoms with E-state index in [0.29, 0.717) is 10.8 Å². The number of nitrogen functional groups attached to an aromatic ring is 1. The second-order valence-corrected chi connectivity index (χ2v) is 9.25. The largest absolute Gasteiger partial charge is 0.444 e. The number of pyridine rings is 1. The summed E-state index contributed by atoms with van der Waals surface area (Å²) in [6.07, 6.45) is 0.955. The number of carbonyl (C=O) groups excluding carboxylic acids is 2. The van der Waals surface area contributed by atoms with Gasteiger partial charge in [0.1, 0.15) is 11.6 Å². The number of nitrogens with two attached hydrogens (primary N) is 1. The number of nitrogens with one attached hydrogen (secondary N) is 2. The minimum Gasteiger partial charge on any atom is -0.444 e. The Morgan fingerprint density at radius 3 is 2.52 bits per heavy atom. The summed E-state index contributed by atoms with van der Waals surface area (Å²) < 4.78 is 5.25. The first-order valence-corrected chi connectivity index (χ1v) is 10.3. The lowest BCUT2D eigenvalue weighted by Gasteiger charge is -2.24. The molecule has 0 fully saturated rings. The summed E-state index contributed by atoms with van der Waals surface area (Å²) in [5.41, 5.74) is 7.01. The molecule has 0 saturated carbocycles. The van der Waals surface area contributed by atoms with Gasteiger partial charge in [0.25, 0.3) is 0 Å². The molecule has 0 spiro atoms. The van der Waals surface area contributed by atoms with E-state index in [1.165, 1.54) is 11.3 Å². The van der Waals surface area contributed by atoms with E-state index in [2.05, 4.69) is 20.6 Å². The lowest BCUT2D eigenvalue weighted by molar-refractivity contribution is -0.119. The number of aromatic nitrogens is 2.